The zero-order valence-electron chi connectivity index (χ0n) is 14.1. The van der Waals surface area contributed by atoms with Crippen LogP contribution in [0.1, 0.15) is 0 Å². The molecule has 0 saturated heterocycles. The number of hydrogen-bond donors (Lipinski definition) is 1. The summed E-state index contributed by atoms with van der Waals surface area (Å²) in [6.07, 6.45) is 1.64. The van der Waals surface area contributed by atoms with E-state index in [1.807, 2.05) is 18.2 Å². The van der Waals surface area contributed by atoms with Crippen molar-refractivity contribution in [2.24, 2.45) is 0 Å². The van der Waals surface area contributed by atoms with Crippen LogP contribution in [0.15, 0.2) is 71.3 Å². The molecule has 1 amide bonds. The predicted octanol–water partition coefficient (Wildman–Crippen LogP) is 4.56. The van der Waals surface area contributed by atoms with E-state index in [4.69, 9.17) is 20.8 Å². The maximum Gasteiger partial charge on any atom is 0.262 e. The molecule has 1 N–H and O–H groups in total. The van der Waals surface area contributed by atoms with Gasteiger partial charge in [-0.15, -0.1) is 0 Å². The fourth-order valence-corrected chi connectivity index (χ4v) is 2.71. The number of anilines is 1. The molecule has 0 unspecified atom stereocenters. The van der Waals surface area contributed by atoms with Crippen molar-refractivity contribution in [3.63, 3.8) is 0 Å². The highest BCUT2D eigenvalue weighted by Crippen LogP contribution is 2.31. The highest BCUT2D eigenvalue weighted by atomic mass is 35.5. The Bertz CT molecular complexity index is 1060. The molecule has 2 heterocycles. The Kier molecular flexibility index (Phi) is 4.72. The number of nitrogens with one attached hydrogen (secondary N) is 1. The van der Waals surface area contributed by atoms with Crippen molar-refractivity contribution >= 4 is 34.4 Å². The van der Waals surface area contributed by atoms with Crippen LogP contribution >= 0.6 is 11.6 Å². The number of pyridine rings is 1. The number of hydrogen-bond acceptors (Lipinski definition) is 5. The van der Waals surface area contributed by atoms with Crippen LogP contribution in [0, 0.1) is 0 Å². The highest BCUT2D eigenvalue weighted by molar-refractivity contribution is 6.33. The third-order valence-electron chi connectivity index (χ3n) is 3.76. The quantitative estimate of drug-likeness (QED) is 0.550. The summed E-state index contributed by atoms with van der Waals surface area (Å²) in [5.74, 6) is 0.681. The molecular weight excluding hydrogens is 366 g/mol. The van der Waals surface area contributed by atoms with E-state index in [1.54, 1.807) is 48.7 Å². The lowest BCUT2D eigenvalue weighted by Gasteiger charge is -2.09. The lowest BCUT2D eigenvalue weighted by atomic mass is 10.2. The normalized spacial score (nSPS) is 10.7. The van der Waals surface area contributed by atoms with Gasteiger partial charge in [0.1, 0.15) is 5.75 Å². The van der Waals surface area contributed by atoms with E-state index in [9.17, 15) is 4.79 Å². The van der Waals surface area contributed by atoms with E-state index in [-0.39, 0.29) is 12.5 Å². The summed E-state index contributed by atoms with van der Waals surface area (Å²) < 4.78 is 11.1. The standard InChI is InChI=1S/C20H14ClN3O3/c21-16-9-8-13(23-18(25)12-26-14-5-2-1-3-6-14)11-15(16)20-24-19-17(27-20)7-4-10-22-19/h1-11H,12H2,(H,23,25). The second-order valence-corrected chi connectivity index (χ2v) is 6.10. The first kappa shape index (κ1) is 17.1. The number of carbonyl (C=O) groups is 1. The summed E-state index contributed by atoms with van der Waals surface area (Å²) in [7, 11) is 0. The van der Waals surface area contributed by atoms with Crippen LogP contribution in [0.3, 0.4) is 0 Å². The average Bonchev–Trinajstić information content (AvgIpc) is 3.13. The Labute approximate surface area is 159 Å². The molecule has 0 atom stereocenters. The zero-order valence-corrected chi connectivity index (χ0v) is 14.8. The average molecular weight is 380 g/mol. The van der Waals surface area contributed by atoms with E-state index in [0.717, 1.165) is 0 Å². The van der Waals surface area contributed by atoms with Gasteiger partial charge in [-0.25, -0.2) is 4.98 Å². The van der Waals surface area contributed by atoms with Gasteiger partial charge in [0.15, 0.2) is 17.8 Å². The lowest BCUT2D eigenvalue weighted by molar-refractivity contribution is -0.118. The summed E-state index contributed by atoms with van der Waals surface area (Å²) in [6, 6.07) is 17.8. The maximum atomic E-state index is 12.1. The molecule has 0 radical (unpaired) electrons. The lowest BCUT2D eigenvalue weighted by Crippen LogP contribution is -2.20. The first-order valence-corrected chi connectivity index (χ1v) is 8.56. The van der Waals surface area contributed by atoms with Crippen molar-refractivity contribution in [3.8, 4) is 17.2 Å². The summed E-state index contributed by atoms with van der Waals surface area (Å²) in [5.41, 5.74) is 2.19. The van der Waals surface area contributed by atoms with Crippen LogP contribution in [0.4, 0.5) is 5.69 Å². The number of benzene rings is 2. The minimum Gasteiger partial charge on any atom is -0.484 e. The summed E-state index contributed by atoms with van der Waals surface area (Å²) >= 11 is 6.28. The monoisotopic (exact) mass is 379 g/mol. The molecule has 0 saturated carbocycles. The molecule has 2 aromatic carbocycles. The molecule has 134 valence electrons. The van der Waals surface area contributed by atoms with Gasteiger partial charge in [-0.3, -0.25) is 4.79 Å². The second kappa shape index (κ2) is 7.47. The van der Waals surface area contributed by atoms with E-state index < -0.39 is 0 Å². The number of oxazole rings is 1. The van der Waals surface area contributed by atoms with Gasteiger partial charge in [0, 0.05) is 11.9 Å². The molecule has 6 nitrogen and oxygen atoms in total. The molecule has 27 heavy (non-hydrogen) atoms. The minimum absolute atomic E-state index is 0.102. The van der Waals surface area contributed by atoms with Crippen LogP contribution in [-0.4, -0.2) is 22.5 Å². The topological polar surface area (TPSA) is 77.2 Å². The third-order valence-corrected chi connectivity index (χ3v) is 4.09. The highest BCUT2D eigenvalue weighted by Gasteiger charge is 2.14. The number of amides is 1. The Hall–Kier alpha value is -3.38. The summed E-state index contributed by atoms with van der Waals surface area (Å²) in [5, 5.41) is 3.23. The molecule has 0 bridgehead atoms. The molecule has 0 aliphatic heterocycles. The molecule has 2 aromatic heterocycles. The smallest absolute Gasteiger partial charge is 0.262 e. The SMILES string of the molecule is O=C(COc1ccccc1)Nc1ccc(Cl)c(-c2nc3ncccc3o2)c1. The molecule has 0 fully saturated rings. The van der Waals surface area contributed by atoms with Crippen molar-refractivity contribution in [1.29, 1.82) is 0 Å². The number of halogens is 1. The molecule has 0 aliphatic carbocycles. The van der Waals surface area contributed by atoms with E-state index >= 15 is 0 Å². The Morgan fingerprint density at radius 2 is 1.96 bits per heavy atom. The number of ether oxygens (including phenoxy) is 1. The Morgan fingerprint density at radius 3 is 2.78 bits per heavy atom. The molecular formula is C20H14ClN3O3. The van der Waals surface area contributed by atoms with Crippen molar-refractivity contribution < 1.29 is 13.9 Å². The molecule has 0 spiro atoms. The van der Waals surface area contributed by atoms with Crippen molar-refractivity contribution in [3.05, 3.63) is 71.9 Å². The summed E-state index contributed by atoms with van der Waals surface area (Å²) in [4.78, 5) is 20.6. The van der Waals surface area contributed by atoms with Gasteiger partial charge in [-0.2, -0.15) is 4.98 Å². The molecule has 4 rings (SSSR count). The van der Waals surface area contributed by atoms with Crippen molar-refractivity contribution in [2.45, 2.75) is 0 Å². The number of fused-ring (bicyclic) bond motifs is 1. The van der Waals surface area contributed by atoms with Crippen molar-refractivity contribution in [1.82, 2.24) is 9.97 Å². The van der Waals surface area contributed by atoms with Crippen LogP contribution in [-0.2, 0) is 4.79 Å². The number of para-hydroxylation sites is 1. The fraction of sp³-hybridized carbons (Fsp3) is 0.0500. The van der Waals surface area contributed by atoms with Gasteiger partial charge in [0.2, 0.25) is 5.89 Å². The van der Waals surface area contributed by atoms with Crippen molar-refractivity contribution in [2.75, 3.05) is 11.9 Å². The second-order valence-electron chi connectivity index (χ2n) is 5.69. The van der Waals surface area contributed by atoms with Gasteiger partial charge in [0.05, 0.1) is 10.6 Å². The van der Waals surface area contributed by atoms with Gasteiger partial charge >= 0.3 is 0 Å². The maximum absolute atomic E-state index is 12.1. The van der Waals surface area contributed by atoms with Crippen LogP contribution < -0.4 is 10.1 Å². The third kappa shape index (κ3) is 3.91. The molecule has 4 aromatic rings. The van der Waals surface area contributed by atoms with E-state index in [2.05, 4.69) is 15.3 Å². The number of aromatic nitrogens is 2. The Morgan fingerprint density at radius 1 is 1.11 bits per heavy atom. The van der Waals surface area contributed by atoms with E-state index in [1.165, 1.54) is 0 Å². The van der Waals surface area contributed by atoms with Gasteiger partial charge < -0.3 is 14.5 Å². The first-order valence-electron chi connectivity index (χ1n) is 8.18. The predicted molar refractivity (Wildman–Crippen MR) is 103 cm³/mol. The zero-order chi connectivity index (χ0) is 18.6. The van der Waals surface area contributed by atoms with Crippen LogP contribution in [0.2, 0.25) is 5.02 Å². The number of carbonyl (C=O) groups excluding carboxylic acids is 1. The van der Waals surface area contributed by atoms with Gasteiger partial charge in [-0.1, -0.05) is 29.8 Å². The van der Waals surface area contributed by atoms with Gasteiger partial charge in [-0.05, 0) is 42.5 Å². The van der Waals surface area contributed by atoms with Gasteiger partial charge in [0.25, 0.3) is 5.91 Å². The molecule has 7 heteroatoms. The van der Waals surface area contributed by atoms with E-state index in [0.29, 0.717) is 39.1 Å². The first-order chi connectivity index (χ1) is 13.2. The minimum atomic E-state index is -0.286. The largest absolute Gasteiger partial charge is 0.484 e. The fourth-order valence-electron chi connectivity index (χ4n) is 2.51. The molecule has 0 aliphatic rings. The number of nitrogens with zero attached hydrogens (tertiary/aromatic N) is 2. The Balaban J connectivity index is 1.51. The van der Waals surface area contributed by atoms with Crippen LogP contribution in [0.25, 0.3) is 22.7 Å². The summed E-state index contributed by atoms with van der Waals surface area (Å²) in [6.45, 7) is -0.102. The number of rotatable bonds is 5. The van der Waals surface area contributed by atoms with Crippen LogP contribution in [0.5, 0.6) is 5.75 Å².